The van der Waals surface area contributed by atoms with Crippen molar-refractivity contribution < 1.29 is 4.79 Å². The molecule has 1 aliphatic carbocycles. The van der Waals surface area contributed by atoms with Gasteiger partial charge in [-0.3, -0.25) is 4.79 Å². The van der Waals surface area contributed by atoms with E-state index >= 15 is 0 Å². The minimum absolute atomic E-state index is 0.166. The first-order chi connectivity index (χ1) is 7.17. The van der Waals surface area contributed by atoms with Crippen LogP contribution in [0.4, 0.5) is 0 Å². The Morgan fingerprint density at radius 1 is 1.53 bits per heavy atom. The second-order valence-corrected chi connectivity index (χ2v) is 4.83. The number of amides is 1. The molecule has 0 aromatic heterocycles. The minimum Gasteiger partial charge on any atom is -0.356 e. The van der Waals surface area contributed by atoms with E-state index in [1.807, 2.05) is 0 Å². The van der Waals surface area contributed by atoms with Gasteiger partial charge < -0.3 is 11.1 Å². The Kier molecular flexibility index (Phi) is 5.09. The van der Waals surface area contributed by atoms with Gasteiger partial charge in [-0.1, -0.05) is 20.3 Å². The van der Waals surface area contributed by atoms with Gasteiger partial charge in [0.2, 0.25) is 5.91 Å². The Bertz CT molecular complexity index is 198. The standard InChI is InChI=1S/C12H24N2O/c1-3-10(7-13)6-12(15)14-8-9(2)11-4-5-11/h9-11H,3-8,13H2,1-2H3,(H,14,15). The van der Waals surface area contributed by atoms with Crippen molar-refractivity contribution in [2.45, 2.75) is 39.5 Å². The number of nitrogens with two attached hydrogens (primary N) is 1. The van der Waals surface area contributed by atoms with Crippen LogP contribution in [0.1, 0.15) is 39.5 Å². The predicted octanol–water partition coefficient (Wildman–Crippen LogP) is 1.52. The van der Waals surface area contributed by atoms with Crippen LogP contribution in [-0.2, 0) is 4.79 Å². The van der Waals surface area contributed by atoms with Crippen LogP contribution in [0.3, 0.4) is 0 Å². The molecule has 3 heteroatoms. The van der Waals surface area contributed by atoms with Gasteiger partial charge in [-0.05, 0) is 37.1 Å². The molecule has 1 rings (SSSR count). The van der Waals surface area contributed by atoms with Gasteiger partial charge in [-0.15, -0.1) is 0 Å². The molecular weight excluding hydrogens is 188 g/mol. The molecule has 0 aromatic carbocycles. The summed E-state index contributed by atoms with van der Waals surface area (Å²) < 4.78 is 0. The summed E-state index contributed by atoms with van der Waals surface area (Å²) in [5.74, 6) is 2.02. The molecule has 1 aliphatic rings. The van der Waals surface area contributed by atoms with Crippen LogP contribution in [0.15, 0.2) is 0 Å². The second kappa shape index (κ2) is 6.11. The molecular formula is C12H24N2O. The van der Waals surface area contributed by atoms with E-state index in [0.29, 0.717) is 24.8 Å². The van der Waals surface area contributed by atoms with Crippen LogP contribution in [0.2, 0.25) is 0 Å². The number of hydrogen-bond donors (Lipinski definition) is 2. The fourth-order valence-corrected chi connectivity index (χ4v) is 1.84. The third-order valence-electron chi connectivity index (χ3n) is 3.43. The maximum absolute atomic E-state index is 11.6. The summed E-state index contributed by atoms with van der Waals surface area (Å²) in [6.45, 7) is 5.75. The highest BCUT2D eigenvalue weighted by molar-refractivity contribution is 5.76. The normalized spacial score (nSPS) is 19.7. The van der Waals surface area contributed by atoms with Crippen molar-refractivity contribution in [3.63, 3.8) is 0 Å². The molecule has 1 fully saturated rings. The molecule has 15 heavy (non-hydrogen) atoms. The quantitative estimate of drug-likeness (QED) is 0.672. The number of nitrogens with one attached hydrogen (secondary N) is 1. The second-order valence-electron chi connectivity index (χ2n) is 4.83. The third kappa shape index (κ3) is 4.65. The van der Waals surface area contributed by atoms with Crippen LogP contribution >= 0.6 is 0 Å². The van der Waals surface area contributed by atoms with Crippen LogP contribution in [0.5, 0.6) is 0 Å². The van der Waals surface area contributed by atoms with Crippen molar-refractivity contribution in [2.24, 2.45) is 23.5 Å². The molecule has 0 aromatic rings. The third-order valence-corrected chi connectivity index (χ3v) is 3.43. The monoisotopic (exact) mass is 212 g/mol. The van der Waals surface area contributed by atoms with E-state index in [0.717, 1.165) is 18.9 Å². The Labute approximate surface area is 92.8 Å². The highest BCUT2D eigenvalue weighted by Crippen LogP contribution is 2.36. The maximum Gasteiger partial charge on any atom is 0.220 e. The molecule has 88 valence electrons. The zero-order chi connectivity index (χ0) is 11.3. The predicted molar refractivity (Wildman–Crippen MR) is 62.4 cm³/mol. The fraction of sp³-hybridized carbons (Fsp3) is 0.917. The SMILES string of the molecule is CCC(CN)CC(=O)NCC(C)C1CC1. The van der Waals surface area contributed by atoms with Crippen molar-refractivity contribution in [1.82, 2.24) is 5.32 Å². The molecule has 2 unspecified atom stereocenters. The van der Waals surface area contributed by atoms with Gasteiger partial charge >= 0.3 is 0 Å². The molecule has 0 bridgehead atoms. The van der Waals surface area contributed by atoms with Gasteiger partial charge in [0.05, 0.1) is 0 Å². The molecule has 2 atom stereocenters. The van der Waals surface area contributed by atoms with Crippen molar-refractivity contribution in [3.05, 3.63) is 0 Å². The van der Waals surface area contributed by atoms with E-state index in [1.54, 1.807) is 0 Å². The first-order valence-electron chi connectivity index (χ1n) is 6.14. The Hall–Kier alpha value is -0.570. The lowest BCUT2D eigenvalue weighted by Crippen LogP contribution is -2.31. The van der Waals surface area contributed by atoms with E-state index in [1.165, 1.54) is 12.8 Å². The van der Waals surface area contributed by atoms with Crippen LogP contribution in [0.25, 0.3) is 0 Å². The van der Waals surface area contributed by atoms with E-state index < -0.39 is 0 Å². The molecule has 0 saturated heterocycles. The van der Waals surface area contributed by atoms with E-state index in [-0.39, 0.29) is 5.91 Å². The molecule has 3 nitrogen and oxygen atoms in total. The number of carbonyl (C=O) groups excluding carboxylic acids is 1. The van der Waals surface area contributed by atoms with Gasteiger partial charge in [0.25, 0.3) is 0 Å². The van der Waals surface area contributed by atoms with Gasteiger partial charge in [-0.2, -0.15) is 0 Å². The van der Waals surface area contributed by atoms with Gasteiger partial charge in [0.1, 0.15) is 0 Å². The Morgan fingerprint density at radius 3 is 2.67 bits per heavy atom. The summed E-state index contributed by atoms with van der Waals surface area (Å²) >= 11 is 0. The van der Waals surface area contributed by atoms with E-state index in [2.05, 4.69) is 19.2 Å². The number of rotatable bonds is 7. The average Bonchev–Trinajstić information content (AvgIpc) is 3.06. The average molecular weight is 212 g/mol. The lowest BCUT2D eigenvalue weighted by atomic mass is 10.0. The maximum atomic E-state index is 11.6. The topological polar surface area (TPSA) is 55.1 Å². The van der Waals surface area contributed by atoms with Crippen LogP contribution < -0.4 is 11.1 Å². The summed E-state index contributed by atoms with van der Waals surface area (Å²) in [5.41, 5.74) is 5.57. The number of hydrogen-bond acceptors (Lipinski definition) is 2. The summed E-state index contributed by atoms with van der Waals surface area (Å²) in [6.07, 6.45) is 4.27. The van der Waals surface area contributed by atoms with Gasteiger partial charge in [-0.25, -0.2) is 0 Å². The number of carbonyl (C=O) groups is 1. The van der Waals surface area contributed by atoms with Gasteiger partial charge in [0.15, 0.2) is 0 Å². The molecule has 3 N–H and O–H groups in total. The Balaban J connectivity index is 2.11. The summed E-state index contributed by atoms with van der Waals surface area (Å²) in [6, 6.07) is 0. The first-order valence-corrected chi connectivity index (χ1v) is 6.14. The van der Waals surface area contributed by atoms with Crippen molar-refractivity contribution >= 4 is 5.91 Å². The summed E-state index contributed by atoms with van der Waals surface area (Å²) in [5, 5.41) is 3.01. The lowest BCUT2D eigenvalue weighted by Gasteiger charge is -2.14. The molecule has 0 aliphatic heterocycles. The lowest BCUT2D eigenvalue weighted by molar-refractivity contribution is -0.122. The largest absolute Gasteiger partial charge is 0.356 e. The van der Waals surface area contributed by atoms with Gasteiger partial charge in [0, 0.05) is 13.0 Å². The fourth-order valence-electron chi connectivity index (χ4n) is 1.84. The van der Waals surface area contributed by atoms with Crippen molar-refractivity contribution in [2.75, 3.05) is 13.1 Å². The van der Waals surface area contributed by atoms with Crippen LogP contribution in [-0.4, -0.2) is 19.0 Å². The zero-order valence-corrected chi connectivity index (χ0v) is 9.96. The van der Waals surface area contributed by atoms with Crippen molar-refractivity contribution in [3.8, 4) is 0 Å². The molecule has 1 amide bonds. The van der Waals surface area contributed by atoms with E-state index in [9.17, 15) is 4.79 Å². The molecule has 0 spiro atoms. The van der Waals surface area contributed by atoms with E-state index in [4.69, 9.17) is 5.73 Å². The summed E-state index contributed by atoms with van der Waals surface area (Å²) in [7, 11) is 0. The first kappa shape index (κ1) is 12.5. The molecule has 0 heterocycles. The van der Waals surface area contributed by atoms with Crippen molar-refractivity contribution in [1.29, 1.82) is 0 Å². The van der Waals surface area contributed by atoms with Crippen LogP contribution in [0, 0.1) is 17.8 Å². The minimum atomic E-state index is 0.166. The molecule has 1 saturated carbocycles. The smallest absolute Gasteiger partial charge is 0.220 e. The Morgan fingerprint density at radius 2 is 2.20 bits per heavy atom. The zero-order valence-electron chi connectivity index (χ0n) is 9.96. The highest BCUT2D eigenvalue weighted by Gasteiger charge is 2.27. The molecule has 0 radical (unpaired) electrons. The highest BCUT2D eigenvalue weighted by atomic mass is 16.1. The summed E-state index contributed by atoms with van der Waals surface area (Å²) in [4.78, 5) is 11.6.